The number of halogens is 3. The molecule has 0 aliphatic heterocycles. The smallest absolute Gasteiger partial charge is 0.264 e. The topological polar surface area (TPSA) is 106 Å². The quantitative estimate of drug-likeness (QED) is 0.195. The SMILES string of the molecule is CN(C(=O)[C@H](Cc1ccccc1F)NC(=O)[C@@H](NC(=O)c1cccs1)C(C)(C)C)N(C#N)Cc1cccc(Cl)c1F. The van der Waals surface area contributed by atoms with E-state index in [4.69, 9.17) is 11.6 Å². The molecule has 12 heteroatoms. The normalized spacial score (nSPS) is 12.5. The third-order valence-electron chi connectivity index (χ3n) is 6.29. The molecule has 216 valence electrons. The summed E-state index contributed by atoms with van der Waals surface area (Å²) in [6.45, 7) is 4.93. The predicted octanol–water partition coefficient (Wildman–Crippen LogP) is 4.91. The predicted molar refractivity (Wildman–Crippen MR) is 152 cm³/mol. The third kappa shape index (κ3) is 8.02. The summed E-state index contributed by atoms with van der Waals surface area (Å²) in [7, 11) is 1.29. The van der Waals surface area contributed by atoms with Gasteiger partial charge in [-0.25, -0.2) is 18.8 Å². The first-order valence-corrected chi connectivity index (χ1v) is 13.8. The summed E-state index contributed by atoms with van der Waals surface area (Å²) in [5, 5.41) is 18.6. The van der Waals surface area contributed by atoms with Gasteiger partial charge in [-0.3, -0.25) is 14.4 Å². The Labute approximate surface area is 246 Å². The van der Waals surface area contributed by atoms with Gasteiger partial charge in [-0.15, -0.1) is 11.3 Å². The minimum absolute atomic E-state index is 0.0671. The molecular formula is C29H30ClF2N5O3S. The van der Waals surface area contributed by atoms with Crippen LogP contribution in [0, 0.1) is 28.5 Å². The van der Waals surface area contributed by atoms with E-state index in [1.54, 1.807) is 44.4 Å². The van der Waals surface area contributed by atoms with E-state index < -0.39 is 46.9 Å². The summed E-state index contributed by atoms with van der Waals surface area (Å²) in [6.07, 6.45) is 1.59. The Bertz CT molecular complexity index is 1440. The van der Waals surface area contributed by atoms with E-state index in [0.29, 0.717) is 4.88 Å². The summed E-state index contributed by atoms with van der Waals surface area (Å²) in [4.78, 5) is 40.5. The Kier molecular flexibility index (Phi) is 10.4. The molecule has 2 N–H and O–H groups in total. The molecule has 0 radical (unpaired) electrons. The Morgan fingerprint density at radius 1 is 1.02 bits per heavy atom. The molecule has 3 amide bonds. The first kappa shape index (κ1) is 31.5. The lowest BCUT2D eigenvalue weighted by molar-refractivity contribution is -0.146. The number of amides is 3. The second kappa shape index (κ2) is 13.6. The Balaban J connectivity index is 1.90. The zero-order valence-corrected chi connectivity index (χ0v) is 24.5. The van der Waals surface area contributed by atoms with Crippen molar-refractivity contribution in [3.05, 3.63) is 92.6 Å². The summed E-state index contributed by atoms with van der Waals surface area (Å²) in [6, 6.07) is 11.0. The number of carbonyl (C=O) groups excluding carboxylic acids is 3. The second-order valence-electron chi connectivity index (χ2n) is 10.3. The van der Waals surface area contributed by atoms with Crippen LogP contribution in [0.2, 0.25) is 5.02 Å². The first-order valence-electron chi connectivity index (χ1n) is 12.6. The Hall–Kier alpha value is -4.01. The van der Waals surface area contributed by atoms with Gasteiger partial charge < -0.3 is 10.6 Å². The molecule has 2 atom stereocenters. The fourth-order valence-electron chi connectivity index (χ4n) is 4.01. The molecular weight excluding hydrogens is 572 g/mol. The van der Waals surface area contributed by atoms with E-state index >= 15 is 0 Å². The molecule has 0 bridgehead atoms. The monoisotopic (exact) mass is 601 g/mol. The molecule has 8 nitrogen and oxygen atoms in total. The number of hydrogen-bond acceptors (Lipinski definition) is 6. The van der Waals surface area contributed by atoms with Gasteiger partial charge in [0.2, 0.25) is 5.91 Å². The van der Waals surface area contributed by atoms with Crippen LogP contribution >= 0.6 is 22.9 Å². The minimum Gasteiger partial charge on any atom is -0.342 e. The molecule has 2 aromatic carbocycles. The molecule has 1 heterocycles. The average molecular weight is 602 g/mol. The molecule has 0 fully saturated rings. The lowest BCUT2D eigenvalue weighted by atomic mass is 9.85. The number of nitrogens with zero attached hydrogens (tertiary/aromatic N) is 3. The van der Waals surface area contributed by atoms with Crippen molar-refractivity contribution in [3.63, 3.8) is 0 Å². The van der Waals surface area contributed by atoms with E-state index in [-0.39, 0.29) is 29.1 Å². The number of hydrogen-bond donors (Lipinski definition) is 2. The number of likely N-dealkylation sites (N-methyl/N-ethyl adjacent to an activating group) is 1. The van der Waals surface area contributed by atoms with Crippen LogP contribution in [0.5, 0.6) is 0 Å². The zero-order valence-electron chi connectivity index (χ0n) is 23.0. The van der Waals surface area contributed by atoms with Crippen LogP contribution in [-0.4, -0.2) is 46.9 Å². The van der Waals surface area contributed by atoms with Crippen LogP contribution in [0.25, 0.3) is 0 Å². The van der Waals surface area contributed by atoms with Gasteiger partial charge >= 0.3 is 0 Å². The second-order valence-corrected chi connectivity index (χ2v) is 11.7. The van der Waals surface area contributed by atoms with E-state index in [9.17, 15) is 28.4 Å². The molecule has 0 unspecified atom stereocenters. The maximum Gasteiger partial charge on any atom is 0.264 e. The first-order chi connectivity index (χ1) is 19.3. The maximum absolute atomic E-state index is 14.6. The van der Waals surface area contributed by atoms with Crippen molar-refractivity contribution in [2.24, 2.45) is 5.41 Å². The van der Waals surface area contributed by atoms with Crippen molar-refractivity contribution in [1.29, 1.82) is 5.26 Å². The van der Waals surface area contributed by atoms with Gasteiger partial charge in [0, 0.05) is 19.0 Å². The number of carbonyl (C=O) groups is 3. The summed E-state index contributed by atoms with van der Waals surface area (Å²) >= 11 is 7.07. The van der Waals surface area contributed by atoms with Gasteiger partial charge in [0.05, 0.1) is 16.4 Å². The molecule has 3 aromatic rings. The molecule has 1 aromatic heterocycles. The highest BCUT2D eigenvalue weighted by Gasteiger charge is 2.37. The van der Waals surface area contributed by atoms with Crippen molar-refractivity contribution in [3.8, 4) is 6.19 Å². The fourth-order valence-corrected chi connectivity index (χ4v) is 4.83. The number of nitrogens with one attached hydrogen (secondary N) is 2. The van der Waals surface area contributed by atoms with Gasteiger partial charge in [0.15, 0.2) is 6.19 Å². The van der Waals surface area contributed by atoms with Gasteiger partial charge in [0.25, 0.3) is 11.8 Å². The fraction of sp³-hybridized carbons (Fsp3) is 0.310. The maximum atomic E-state index is 14.6. The molecule has 0 aliphatic carbocycles. The summed E-state index contributed by atoms with van der Waals surface area (Å²) in [5.74, 6) is -3.21. The van der Waals surface area contributed by atoms with Crippen molar-refractivity contribution in [2.45, 2.75) is 45.8 Å². The highest BCUT2D eigenvalue weighted by molar-refractivity contribution is 7.12. The lowest BCUT2D eigenvalue weighted by Crippen LogP contribution is -2.59. The summed E-state index contributed by atoms with van der Waals surface area (Å²) < 4.78 is 29.1. The van der Waals surface area contributed by atoms with Gasteiger partial charge in [-0.05, 0) is 34.6 Å². The summed E-state index contributed by atoms with van der Waals surface area (Å²) in [5.41, 5.74) is -0.548. The standard InChI is InChI=1S/C29H30ClF2N5O3S/c1-29(2,3)25(35-26(38)23-13-8-14-41-23)27(39)34-22(15-18-9-5-6-12-21(18)31)28(40)36(4)37(17-33)16-19-10-7-11-20(30)24(19)32/h5-14,22,25H,15-16H2,1-4H3,(H,34,39)(H,35,38)/t22-,25+/m0/s1. The van der Waals surface area contributed by atoms with Crippen LogP contribution in [0.15, 0.2) is 60.0 Å². The van der Waals surface area contributed by atoms with Crippen LogP contribution in [0.1, 0.15) is 41.6 Å². The van der Waals surface area contributed by atoms with Gasteiger partial charge in [-0.1, -0.05) is 68.8 Å². The lowest BCUT2D eigenvalue weighted by Gasteiger charge is -2.34. The molecule has 3 rings (SSSR count). The highest BCUT2D eigenvalue weighted by atomic mass is 35.5. The van der Waals surface area contributed by atoms with Crippen LogP contribution in [-0.2, 0) is 22.6 Å². The molecule has 41 heavy (non-hydrogen) atoms. The Morgan fingerprint density at radius 2 is 1.71 bits per heavy atom. The largest absolute Gasteiger partial charge is 0.342 e. The number of hydrazine groups is 1. The number of rotatable bonds is 10. The van der Waals surface area contributed by atoms with Gasteiger partial charge in [0.1, 0.15) is 23.7 Å². The van der Waals surface area contributed by atoms with E-state index in [0.717, 1.165) is 10.0 Å². The zero-order chi connectivity index (χ0) is 30.3. The van der Waals surface area contributed by atoms with E-state index in [1.807, 2.05) is 6.19 Å². The van der Waals surface area contributed by atoms with E-state index in [2.05, 4.69) is 10.6 Å². The van der Waals surface area contributed by atoms with Crippen LogP contribution in [0.3, 0.4) is 0 Å². The molecule has 0 saturated carbocycles. The van der Waals surface area contributed by atoms with Crippen LogP contribution < -0.4 is 10.6 Å². The highest BCUT2D eigenvalue weighted by Crippen LogP contribution is 2.23. The molecule has 0 spiro atoms. The molecule has 0 saturated heterocycles. The molecule has 0 aliphatic rings. The number of benzene rings is 2. The minimum atomic E-state index is -1.34. The van der Waals surface area contributed by atoms with Crippen molar-refractivity contribution < 1.29 is 23.2 Å². The van der Waals surface area contributed by atoms with Crippen LogP contribution in [0.4, 0.5) is 8.78 Å². The van der Waals surface area contributed by atoms with E-state index in [1.165, 1.54) is 54.8 Å². The van der Waals surface area contributed by atoms with Crippen molar-refractivity contribution >= 4 is 40.7 Å². The number of nitriles is 1. The third-order valence-corrected chi connectivity index (χ3v) is 7.45. The Morgan fingerprint density at radius 3 is 2.32 bits per heavy atom. The average Bonchev–Trinajstić information content (AvgIpc) is 3.47. The van der Waals surface area contributed by atoms with Gasteiger partial charge in [-0.2, -0.15) is 5.26 Å². The van der Waals surface area contributed by atoms with Crippen molar-refractivity contribution in [1.82, 2.24) is 20.7 Å². The number of thiophene rings is 1. The van der Waals surface area contributed by atoms with Crippen molar-refractivity contribution in [2.75, 3.05) is 7.05 Å².